The second kappa shape index (κ2) is 6.36. The second-order valence-electron chi connectivity index (χ2n) is 4.87. The van der Waals surface area contributed by atoms with E-state index >= 15 is 0 Å². The Morgan fingerprint density at radius 1 is 1.45 bits per heavy atom. The number of hydrogen-bond acceptors (Lipinski definition) is 4. The van der Waals surface area contributed by atoms with Crippen LogP contribution in [0, 0.1) is 0 Å². The largest absolute Gasteiger partial charge is 0.469 e. The molecule has 20 heavy (non-hydrogen) atoms. The minimum Gasteiger partial charge on any atom is -0.469 e. The molecule has 6 nitrogen and oxygen atoms in total. The van der Waals surface area contributed by atoms with E-state index in [1.54, 1.807) is 11.0 Å². The third kappa shape index (κ3) is 3.26. The van der Waals surface area contributed by atoms with Crippen LogP contribution in [0.15, 0.2) is 23.1 Å². The Morgan fingerprint density at radius 3 is 2.95 bits per heavy atom. The number of rotatable bonds is 3. The number of amides is 1. The number of H-pyrrole nitrogens is 1. The number of pyridine rings is 1. The number of piperidine rings is 1. The summed E-state index contributed by atoms with van der Waals surface area (Å²) in [6.45, 7) is 0.604. The van der Waals surface area contributed by atoms with Crippen LogP contribution in [0.25, 0.3) is 0 Å². The van der Waals surface area contributed by atoms with Gasteiger partial charge < -0.3 is 14.6 Å². The van der Waals surface area contributed by atoms with E-state index in [9.17, 15) is 14.4 Å². The Morgan fingerprint density at radius 2 is 2.25 bits per heavy atom. The fourth-order valence-electron chi connectivity index (χ4n) is 2.50. The fourth-order valence-corrected chi connectivity index (χ4v) is 2.50. The standard InChI is InChI=1S/C14H18N2O4/c1-20-13(18)9-11-4-2-3-7-16(11)14(19)10-5-6-15-12(17)8-10/h5-6,8,11H,2-4,7,9H2,1H3,(H,15,17). The zero-order valence-corrected chi connectivity index (χ0v) is 11.4. The van der Waals surface area contributed by atoms with Crippen molar-refractivity contribution in [2.45, 2.75) is 31.7 Å². The molecule has 6 heteroatoms. The molecule has 1 fully saturated rings. The Balaban J connectivity index is 2.17. The van der Waals surface area contributed by atoms with E-state index in [0.717, 1.165) is 19.3 Å². The number of esters is 1. The molecule has 1 aromatic rings. The normalized spacial score (nSPS) is 18.6. The molecule has 2 rings (SSSR count). The molecule has 0 saturated carbocycles. The lowest BCUT2D eigenvalue weighted by molar-refractivity contribution is -0.142. The van der Waals surface area contributed by atoms with Gasteiger partial charge in [0.25, 0.3) is 5.91 Å². The van der Waals surface area contributed by atoms with E-state index in [4.69, 9.17) is 0 Å². The quantitative estimate of drug-likeness (QED) is 0.834. The van der Waals surface area contributed by atoms with Gasteiger partial charge in [-0.05, 0) is 25.3 Å². The molecule has 108 valence electrons. The van der Waals surface area contributed by atoms with Gasteiger partial charge in [0.05, 0.1) is 13.5 Å². The fraction of sp³-hybridized carbons (Fsp3) is 0.500. The van der Waals surface area contributed by atoms with Crippen LogP contribution in [0.2, 0.25) is 0 Å². The third-order valence-electron chi connectivity index (χ3n) is 3.54. The summed E-state index contributed by atoms with van der Waals surface area (Å²) in [5, 5.41) is 0. The molecule has 1 N–H and O–H groups in total. The van der Waals surface area contributed by atoms with Gasteiger partial charge in [0, 0.05) is 30.4 Å². The molecule has 1 aromatic heterocycles. The van der Waals surface area contributed by atoms with Crippen molar-refractivity contribution in [1.82, 2.24) is 9.88 Å². The molecule has 1 saturated heterocycles. The Bertz CT molecular complexity index is 552. The summed E-state index contributed by atoms with van der Waals surface area (Å²) in [7, 11) is 1.34. The number of ether oxygens (including phenoxy) is 1. The average molecular weight is 278 g/mol. The zero-order chi connectivity index (χ0) is 14.5. The number of methoxy groups -OCH3 is 1. The molecule has 0 spiro atoms. The van der Waals surface area contributed by atoms with Gasteiger partial charge in [-0.15, -0.1) is 0 Å². The zero-order valence-electron chi connectivity index (χ0n) is 11.4. The maximum atomic E-state index is 12.5. The smallest absolute Gasteiger partial charge is 0.307 e. The molecular formula is C14H18N2O4. The summed E-state index contributed by atoms with van der Waals surface area (Å²) in [5.41, 5.74) is 0.0443. The van der Waals surface area contributed by atoms with E-state index in [1.807, 2.05) is 0 Å². The van der Waals surface area contributed by atoms with Crippen LogP contribution in [-0.4, -0.2) is 41.5 Å². The van der Waals surface area contributed by atoms with Crippen LogP contribution >= 0.6 is 0 Å². The molecule has 0 aromatic carbocycles. The molecule has 1 atom stereocenters. The number of aromatic nitrogens is 1. The molecule has 1 amide bonds. The first-order valence-electron chi connectivity index (χ1n) is 6.68. The van der Waals surface area contributed by atoms with Gasteiger partial charge in [-0.1, -0.05) is 0 Å². The average Bonchev–Trinajstić information content (AvgIpc) is 2.47. The lowest BCUT2D eigenvalue weighted by Gasteiger charge is -2.35. The first-order chi connectivity index (χ1) is 9.61. The van der Waals surface area contributed by atoms with E-state index in [1.165, 1.54) is 19.4 Å². The summed E-state index contributed by atoms with van der Waals surface area (Å²) in [6, 6.07) is 2.71. The van der Waals surface area contributed by atoms with Crippen molar-refractivity contribution in [1.29, 1.82) is 0 Å². The number of carbonyl (C=O) groups is 2. The highest BCUT2D eigenvalue weighted by atomic mass is 16.5. The summed E-state index contributed by atoms with van der Waals surface area (Å²) in [6.07, 6.45) is 4.33. The molecule has 0 bridgehead atoms. The monoisotopic (exact) mass is 278 g/mol. The van der Waals surface area contributed by atoms with Gasteiger partial charge >= 0.3 is 5.97 Å². The molecule has 0 radical (unpaired) electrons. The lowest BCUT2D eigenvalue weighted by Crippen LogP contribution is -2.45. The third-order valence-corrected chi connectivity index (χ3v) is 3.54. The van der Waals surface area contributed by atoms with Gasteiger partial charge in [0.15, 0.2) is 0 Å². The van der Waals surface area contributed by atoms with E-state index in [2.05, 4.69) is 9.72 Å². The van der Waals surface area contributed by atoms with Crippen molar-refractivity contribution in [3.8, 4) is 0 Å². The van der Waals surface area contributed by atoms with Crippen LogP contribution in [-0.2, 0) is 9.53 Å². The van der Waals surface area contributed by atoms with Crippen LogP contribution in [0.3, 0.4) is 0 Å². The summed E-state index contributed by atoms with van der Waals surface area (Å²) >= 11 is 0. The highest BCUT2D eigenvalue weighted by molar-refractivity contribution is 5.94. The van der Waals surface area contributed by atoms with Gasteiger partial charge in [-0.25, -0.2) is 0 Å². The molecule has 1 aliphatic heterocycles. The minimum absolute atomic E-state index is 0.150. The van der Waals surface area contributed by atoms with E-state index < -0.39 is 0 Å². The van der Waals surface area contributed by atoms with Crippen molar-refractivity contribution in [3.05, 3.63) is 34.2 Å². The topological polar surface area (TPSA) is 79.5 Å². The summed E-state index contributed by atoms with van der Waals surface area (Å²) in [5.74, 6) is -0.523. The number of likely N-dealkylation sites (tertiary alicyclic amines) is 1. The van der Waals surface area contributed by atoms with Crippen molar-refractivity contribution in [2.24, 2.45) is 0 Å². The number of aromatic amines is 1. The summed E-state index contributed by atoms with van der Waals surface area (Å²) in [4.78, 5) is 39.3. The Kier molecular flexibility index (Phi) is 4.55. The predicted octanol–water partition coefficient (Wildman–Crippen LogP) is 0.933. The molecule has 1 unspecified atom stereocenters. The minimum atomic E-state index is -0.319. The van der Waals surface area contributed by atoms with Crippen molar-refractivity contribution in [3.63, 3.8) is 0 Å². The van der Waals surface area contributed by atoms with Crippen LogP contribution in [0.5, 0.6) is 0 Å². The van der Waals surface area contributed by atoms with Gasteiger partial charge in [-0.3, -0.25) is 14.4 Å². The highest BCUT2D eigenvalue weighted by Crippen LogP contribution is 2.22. The van der Waals surface area contributed by atoms with Gasteiger partial charge in [-0.2, -0.15) is 0 Å². The highest BCUT2D eigenvalue weighted by Gasteiger charge is 2.29. The molecule has 2 heterocycles. The SMILES string of the molecule is COC(=O)CC1CCCCN1C(=O)c1cc[nH]c(=O)c1. The van der Waals surface area contributed by atoms with Crippen molar-refractivity contribution in [2.75, 3.05) is 13.7 Å². The summed E-state index contributed by atoms with van der Waals surface area (Å²) < 4.78 is 4.67. The van der Waals surface area contributed by atoms with Gasteiger partial charge in [0.1, 0.15) is 0 Å². The second-order valence-corrected chi connectivity index (χ2v) is 4.87. The van der Waals surface area contributed by atoms with Crippen LogP contribution < -0.4 is 5.56 Å². The molecular weight excluding hydrogens is 260 g/mol. The lowest BCUT2D eigenvalue weighted by atomic mass is 9.98. The number of nitrogens with one attached hydrogen (secondary N) is 1. The predicted molar refractivity (Wildman–Crippen MR) is 72.4 cm³/mol. The van der Waals surface area contributed by atoms with Crippen molar-refractivity contribution >= 4 is 11.9 Å². The number of nitrogens with zero attached hydrogens (tertiary/aromatic N) is 1. The molecule has 0 aliphatic carbocycles. The number of carbonyl (C=O) groups excluding carboxylic acids is 2. The van der Waals surface area contributed by atoms with Crippen LogP contribution in [0.4, 0.5) is 0 Å². The molecule has 1 aliphatic rings. The Labute approximate surface area is 116 Å². The maximum Gasteiger partial charge on any atom is 0.307 e. The van der Waals surface area contributed by atoms with Crippen molar-refractivity contribution < 1.29 is 14.3 Å². The number of hydrogen-bond donors (Lipinski definition) is 1. The van der Waals surface area contributed by atoms with E-state index in [0.29, 0.717) is 12.1 Å². The Hall–Kier alpha value is -2.11. The maximum absolute atomic E-state index is 12.5. The van der Waals surface area contributed by atoms with E-state index in [-0.39, 0.29) is 29.9 Å². The van der Waals surface area contributed by atoms with Crippen LogP contribution in [0.1, 0.15) is 36.0 Å². The van der Waals surface area contributed by atoms with Gasteiger partial charge in [0.2, 0.25) is 5.56 Å². The first kappa shape index (κ1) is 14.3. The first-order valence-corrected chi connectivity index (χ1v) is 6.68.